The van der Waals surface area contributed by atoms with Crippen LogP contribution < -0.4 is 11.1 Å². The van der Waals surface area contributed by atoms with Crippen molar-refractivity contribution >= 4 is 34.3 Å². The largest absolute Gasteiger partial charge is 0.420 e. The number of aryl methyl sites for hydroxylation is 1. The van der Waals surface area contributed by atoms with Gasteiger partial charge in [-0.2, -0.15) is 0 Å². The van der Waals surface area contributed by atoms with Crippen LogP contribution in [-0.4, -0.2) is 26.6 Å². The van der Waals surface area contributed by atoms with Crippen LogP contribution in [0.5, 0.6) is 0 Å². The fourth-order valence-corrected chi connectivity index (χ4v) is 4.20. The summed E-state index contributed by atoms with van der Waals surface area (Å²) in [5.41, 5.74) is 7.60. The van der Waals surface area contributed by atoms with Crippen molar-refractivity contribution in [3.05, 3.63) is 65.0 Å². The van der Waals surface area contributed by atoms with E-state index in [1.165, 1.54) is 0 Å². The Labute approximate surface area is 188 Å². The summed E-state index contributed by atoms with van der Waals surface area (Å²) in [6, 6.07) is 15.4. The first-order valence-electron chi connectivity index (χ1n) is 10.2. The van der Waals surface area contributed by atoms with Gasteiger partial charge in [0.25, 0.3) is 5.89 Å². The summed E-state index contributed by atoms with van der Waals surface area (Å²) < 4.78 is 7.65. The number of nitrogens with two attached hydrogens (primary N) is 1. The summed E-state index contributed by atoms with van der Waals surface area (Å²) >= 11 is 6.71. The van der Waals surface area contributed by atoms with Crippen molar-refractivity contribution in [1.82, 2.24) is 20.1 Å². The minimum Gasteiger partial charge on any atom is -0.420 e. The SMILES string of the molecule is Cc1nnc(-c2c(Cl)c3ccccc3n2-c2ccc(CNC(=O)C3(C(N)=O)CC3)cc2)o1. The second-order valence-electron chi connectivity index (χ2n) is 7.94. The molecule has 3 N–H and O–H groups in total. The Morgan fingerprint density at radius 2 is 1.88 bits per heavy atom. The van der Waals surface area contributed by atoms with Gasteiger partial charge in [-0.05, 0) is 36.6 Å². The van der Waals surface area contributed by atoms with Crippen molar-refractivity contribution in [2.75, 3.05) is 0 Å². The first-order valence-corrected chi connectivity index (χ1v) is 10.6. The van der Waals surface area contributed by atoms with Crippen molar-refractivity contribution in [2.24, 2.45) is 11.1 Å². The summed E-state index contributed by atoms with van der Waals surface area (Å²) in [6.45, 7) is 2.03. The van der Waals surface area contributed by atoms with Crippen molar-refractivity contribution in [2.45, 2.75) is 26.3 Å². The number of carbonyl (C=O) groups is 2. The standard InChI is InChI=1S/C23H20ClN5O3/c1-13-27-28-20(32-13)19-18(24)16-4-2-3-5-17(16)29(19)15-8-6-14(7-9-15)12-26-22(31)23(10-11-23)21(25)30/h2-9H,10-12H2,1H3,(H2,25,30)(H,26,31). The molecule has 1 aliphatic carbocycles. The lowest BCUT2D eigenvalue weighted by atomic mass is 10.1. The molecule has 4 aromatic rings. The van der Waals surface area contributed by atoms with Crippen LogP contribution in [0.25, 0.3) is 28.2 Å². The second kappa shape index (κ2) is 7.49. The van der Waals surface area contributed by atoms with Gasteiger partial charge in [0.05, 0.1) is 10.5 Å². The Kier molecular flexibility index (Phi) is 4.74. The Balaban J connectivity index is 1.47. The molecular formula is C23H20ClN5O3. The van der Waals surface area contributed by atoms with E-state index in [9.17, 15) is 9.59 Å². The lowest BCUT2D eigenvalue weighted by molar-refractivity contribution is -0.135. The Hall–Kier alpha value is -3.65. The summed E-state index contributed by atoms with van der Waals surface area (Å²) in [5, 5.41) is 12.3. The van der Waals surface area contributed by atoms with E-state index in [0.717, 1.165) is 22.2 Å². The molecule has 0 spiro atoms. The quantitative estimate of drug-likeness (QED) is 0.437. The van der Waals surface area contributed by atoms with Gasteiger partial charge in [-0.15, -0.1) is 10.2 Å². The number of benzene rings is 2. The molecule has 0 radical (unpaired) electrons. The highest BCUT2D eigenvalue weighted by atomic mass is 35.5. The highest BCUT2D eigenvalue weighted by molar-refractivity contribution is 6.38. The van der Waals surface area contributed by atoms with E-state index in [2.05, 4.69) is 15.5 Å². The molecule has 0 unspecified atom stereocenters. The number of nitrogens with one attached hydrogen (secondary N) is 1. The van der Waals surface area contributed by atoms with E-state index in [-0.39, 0.29) is 5.91 Å². The number of nitrogens with zero attached hydrogens (tertiary/aromatic N) is 3. The second-order valence-corrected chi connectivity index (χ2v) is 8.31. The topological polar surface area (TPSA) is 116 Å². The number of hydrogen-bond acceptors (Lipinski definition) is 5. The average Bonchev–Trinajstić information content (AvgIpc) is 3.43. The molecule has 0 aliphatic heterocycles. The third-order valence-electron chi connectivity index (χ3n) is 5.85. The van der Waals surface area contributed by atoms with Gasteiger partial charge in [-0.25, -0.2) is 0 Å². The van der Waals surface area contributed by atoms with Crippen molar-refractivity contribution in [3.63, 3.8) is 0 Å². The van der Waals surface area contributed by atoms with Crippen molar-refractivity contribution in [3.8, 4) is 17.3 Å². The van der Waals surface area contributed by atoms with Gasteiger partial charge in [0.1, 0.15) is 11.1 Å². The van der Waals surface area contributed by atoms with E-state index >= 15 is 0 Å². The lowest BCUT2D eigenvalue weighted by Crippen LogP contribution is -2.40. The Morgan fingerprint density at radius 3 is 2.50 bits per heavy atom. The van der Waals surface area contributed by atoms with Gasteiger partial charge >= 0.3 is 0 Å². The predicted molar refractivity (Wildman–Crippen MR) is 119 cm³/mol. The molecule has 8 nitrogen and oxygen atoms in total. The fraction of sp³-hybridized carbons (Fsp3) is 0.217. The zero-order valence-electron chi connectivity index (χ0n) is 17.3. The van der Waals surface area contributed by atoms with Gasteiger partial charge in [-0.1, -0.05) is 41.9 Å². The number of amides is 2. The molecule has 1 saturated carbocycles. The maximum atomic E-state index is 12.3. The average molecular weight is 450 g/mol. The molecule has 0 atom stereocenters. The summed E-state index contributed by atoms with van der Waals surface area (Å²) in [7, 11) is 0. The Morgan fingerprint density at radius 1 is 1.16 bits per heavy atom. The van der Waals surface area contributed by atoms with E-state index in [1.807, 2.05) is 53.1 Å². The van der Waals surface area contributed by atoms with E-state index in [0.29, 0.717) is 41.9 Å². The number of hydrogen-bond donors (Lipinski definition) is 2. The number of aromatic nitrogens is 3. The minimum absolute atomic E-state index is 0.303. The molecule has 5 rings (SSSR count). The number of carbonyl (C=O) groups excluding carboxylic acids is 2. The molecular weight excluding hydrogens is 430 g/mol. The number of primary amides is 1. The molecule has 1 fully saturated rings. The van der Waals surface area contributed by atoms with Gasteiger partial charge < -0.3 is 20.0 Å². The van der Waals surface area contributed by atoms with Gasteiger partial charge in [0.15, 0.2) is 0 Å². The molecule has 2 aromatic carbocycles. The van der Waals surface area contributed by atoms with Crippen molar-refractivity contribution < 1.29 is 14.0 Å². The van der Waals surface area contributed by atoms with Crippen LogP contribution in [0.15, 0.2) is 52.9 Å². The maximum absolute atomic E-state index is 12.3. The molecule has 1 aliphatic rings. The van der Waals surface area contributed by atoms with E-state index in [1.54, 1.807) is 6.92 Å². The summed E-state index contributed by atoms with van der Waals surface area (Å²) in [5.74, 6) is -0.0959. The Bertz CT molecular complexity index is 1350. The molecule has 2 heterocycles. The van der Waals surface area contributed by atoms with Crippen LogP contribution >= 0.6 is 11.6 Å². The minimum atomic E-state index is -1.03. The third-order valence-corrected chi connectivity index (χ3v) is 6.23. The zero-order chi connectivity index (χ0) is 22.5. The first kappa shape index (κ1) is 20.3. The molecule has 162 valence electrons. The van der Waals surface area contributed by atoms with Crippen LogP contribution in [0.4, 0.5) is 0 Å². The molecule has 32 heavy (non-hydrogen) atoms. The van der Waals surface area contributed by atoms with Gasteiger partial charge in [0, 0.05) is 24.5 Å². The predicted octanol–water partition coefficient (Wildman–Crippen LogP) is 3.52. The normalized spacial score (nSPS) is 14.4. The lowest BCUT2D eigenvalue weighted by Gasteiger charge is -2.13. The highest BCUT2D eigenvalue weighted by Crippen LogP contribution is 2.45. The smallest absolute Gasteiger partial charge is 0.266 e. The summed E-state index contributed by atoms with van der Waals surface area (Å²) in [6.07, 6.45) is 1.01. The number of halogens is 1. The molecule has 0 bridgehead atoms. The summed E-state index contributed by atoms with van der Waals surface area (Å²) in [4.78, 5) is 23.9. The third kappa shape index (κ3) is 3.23. The monoisotopic (exact) mass is 449 g/mol. The zero-order valence-corrected chi connectivity index (χ0v) is 18.0. The van der Waals surface area contributed by atoms with Crippen LogP contribution in [0.2, 0.25) is 5.02 Å². The molecule has 9 heteroatoms. The van der Waals surface area contributed by atoms with E-state index in [4.69, 9.17) is 21.8 Å². The number of para-hydroxylation sites is 1. The van der Waals surface area contributed by atoms with E-state index < -0.39 is 11.3 Å². The fourth-order valence-electron chi connectivity index (χ4n) is 3.88. The van der Waals surface area contributed by atoms with Crippen LogP contribution in [0.3, 0.4) is 0 Å². The molecule has 2 amide bonds. The maximum Gasteiger partial charge on any atom is 0.266 e. The number of fused-ring (bicyclic) bond motifs is 1. The van der Waals surface area contributed by atoms with Gasteiger partial charge in [-0.3, -0.25) is 9.59 Å². The molecule has 0 saturated heterocycles. The number of rotatable bonds is 6. The van der Waals surface area contributed by atoms with Crippen molar-refractivity contribution in [1.29, 1.82) is 0 Å². The van der Waals surface area contributed by atoms with Gasteiger partial charge in [0.2, 0.25) is 17.7 Å². The molecule has 2 aromatic heterocycles. The first-order chi connectivity index (χ1) is 15.4. The van der Waals surface area contributed by atoms with Crippen LogP contribution in [0.1, 0.15) is 24.3 Å². The van der Waals surface area contributed by atoms with Crippen LogP contribution in [-0.2, 0) is 16.1 Å². The highest BCUT2D eigenvalue weighted by Gasteiger charge is 2.55. The van der Waals surface area contributed by atoms with Crippen LogP contribution in [0, 0.1) is 12.3 Å².